The smallest absolute Gasteiger partial charge is 0.310 e. The number of carboxylic acids is 1. The lowest BCUT2D eigenvalue weighted by Gasteiger charge is -2.24. The Hall–Kier alpha value is -1.31. The number of hydrogen-bond donors (Lipinski definition) is 1. The Labute approximate surface area is 97.3 Å². The van der Waals surface area contributed by atoms with Crippen LogP contribution in [0.1, 0.15) is 50.3 Å². The summed E-state index contributed by atoms with van der Waals surface area (Å²) in [6, 6.07) is 5.93. The zero-order chi connectivity index (χ0) is 12.5. The van der Waals surface area contributed by atoms with E-state index in [0.717, 1.165) is 11.1 Å². The largest absolute Gasteiger partial charge is 0.481 e. The minimum Gasteiger partial charge on any atom is -0.481 e. The lowest BCUT2D eigenvalue weighted by atomic mass is 9.81. The summed E-state index contributed by atoms with van der Waals surface area (Å²) in [7, 11) is 0. The molecule has 0 amide bonds. The fourth-order valence-electron chi connectivity index (χ4n) is 2.07. The van der Waals surface area contributed by atoms with Crippen LogP contribution in [-0.4, -0.2) is 11.1 Å². The van der Waals surface area contributed by atoms with Crippen molar-refractivity contribution in [1.82, 2.24) is 0 Å². The van der Waals surface area contributed by atoms with Gasteiger partial charge in [-0.1, -0.05) is 39.0 Å². The van der Waals surface area contributed by atoms with Gasteiger partial charge in [0.1, 0.15) is 0 Å². The van der Waals surface area contributed by atoms with Crippen molar-refractivity contribution in [3.05, 3.63) is 34.9 Å². The summed E-state index contributed by atoms with van der Waals surface area (Å²) < 4.78 is 0. The second-order valence-electron chi connectivity index (χ2n) is 5.33. The van der Waals surface area contributed by atoms with E-state index in [2.05, 4.69) is 26.8 Å². The summed E-state index contributed by atoms with van der Waals surface area (Å²) in [4.78, 5) is 11.0. The maximum absolute atomic E-state index is 11.0. The predicted molar refractivity (Wildman–Crippen MR) is 65.9 cm³/mol. The molecule has 0 fully saturated rings. The molecule has 1 atom stereocenters. The summed E-state index contributed by atoms with van der Waals surface area (Å²) in [6.45, 7) is 10.2. The first-order chi connectivity index (χ1) is 7.25. The molecule has 1 aromatic rings. The molecule has 16 heavy (non-hydrogen) atoms. The van der Waals surface area contributed by atoms with Gasteiger partial charge in [0, 0.05) is 0 Å². The summed E-state index contributed by atoms with van der Waals surface area (Å²) >= 11 is 0. The molecule has 0 spiro atoms. The molecule has 0 saturated carbocycles. The summed E-state index contributed by atoms with van der Waals surface area (Å²) in [5.41, 5.74) is 3.29. The Balaban J connectivity index is 3.30. The topological polar surface area (TPSA) is 37.3 Å². The zero-order valence-electron chi connectivity index (χ0n) is 10.7. The average Bonchev–Trinajstić information content (AvgIpc) is 2.15. The Morgan fingerprint density at radius 3 is 2.31 bits per heavy atom. The van der Waals surface area contributed by atoms with Crippen LogP contribution in [0, 0.1) is 6.92 Å². The first-order valence-electron chi connectivity index (χ1n) is 5.58. The van der Waals surface area contributed by atoms with E-state index in [0.29, 0.717) is 0 Å². The van der Waals surface area contributed by atoms with Gasteiger partial charge in [0.05, 0.1) is 5.92 Å². The van der Waals surface area contributed by atoms with Crippen molar-refractivity contribution >= 4 is 5.97 Å². The second-order valence-corrected chi connectivity index (χ2v) is 5.33. The number of rotatable bonds is 2. The highest BCUT2D eigenvalue weighted by molar-refractivity contribution is 5.76. The van der Waals surface area contributed by atoms with E-state index in [1.165, 1.54) is 5.56 Å². The van der Waals surface area contributed by atoms with Crippen LogP contribution in [0.5, 0.6) is 0 Å². The van der Waals surface area contributed by atoms with E-state index in [9.17, 15) is 4.79 Å². The van der Waals surface area contributed by atoms with Crippen molar-refractivity contribution in [2.45, 2.75) is 46.0 Å². The number of hydrogen-bond acceptors (Lipinski definition) is 1. The summed E-state index contributed by atoms with van der Waals surface area (Å²) in [5.74, 6) is -1.21. The highest BCUT2D eigenvalue weighted by Crippen LogP contribution is 2.30. The molecule has 0 radical (unpaired) electrons. The highest BCUT2D eigenvalue weighted by atomic mass is 16.4. The number of carbonyl (C=O) groups is 1. The van der Waals surface area contributed by atoms with Crippen LogP contribution in [0.25, 0.3) is 0 Å². The third-order valence-electron chi connectivity index (χ3n) is 3.02. The lowest BCUT2D eigenvalue weighted by molar-refractivity contribution is -0.138. The van der Waals surface area contributed by atoms with Crippen LogP contribution in [0.4, 0.5) is 0 Å². The Bertz CT molecular complexity index is 400. The summed E-state index contributed by atoms with van der Waals surface area (Å²) in [6.07, 6.45) is 0. The van der Waals surface area contributed by atoms with Gasteiger partial charge in [-0.05, 0) is 36.0 Å². The Morgan fingerprint density at radius 1 is 1.31 bits per heavy atom. The fourth-order valence-corrected chi connectivity index (χ4v) is 2.07. The molecule has 2 heteroatoms. The molecule has 2 nitrogen and oxygen atoms in total. The van der Waals surface area contributed by atoms with E-state index in [4.69, 9.17) is 5.11 Å². The van der Waals surface area contributed by atoms with Crippen LogP contribution >= 0.6 is 0 Å². The van der Waals surface area contributed by atoms with Gasteiger partial charge < -0.3 is 5.11 Å². The zero-order valence-corrected chi connectivity index (χ0v) is 10.7. The van der Waals surface area contributed by atoms with Crippen LogP contribution in [0.3, 0.4) is 0 Å². The molecule has 1 unspecified atom stereocenters. The van der Waals surface area contributed by atoms with Gasteiger partial charge in [-0.15, -0.1) is 0 Å². The van der Waals surface area contributed by atoms with Crippen molar-refractivity contribution in [3.63, 3.8) is 0 Å². The first kappa shape index (κ1) is 12.8. The van der Waals surface area contributed by atoms with Gasteiger partial charge >= 0.3 is 5.97 Å². The van der Waals surface area contributed by atoms with Crippen molar-refractivity contribution < 1.29 is 9.90 Å². The van der Waals surface area contributed by atoms with Gasteiger partial charge in [0.25, 0.3) is 0 Å². The Kier molecular flexibility index (Phi) is 3.41. The normalized spacial score (nSPS) is 13.6. The van der Waals surface area contributed by atoms with Crippen molar-refractivity contribution in [2.24, 2.45) is 0 Å². The van der Waals surface area contributed by atoms with Gasteiger partial charge in [-0.25, -0.2) is 0 Å². The molecule has 0 heterocycles. The van der Waals surface area contributed by atoms with E-state index < -0.39 is 11.9 Å². The molecule has 0 aromatic heterocycles. The first-order valence-corrected chi connectivity index (χ1v) is 5.58. The predicted octanol–water partition coefficient (Wildman–Crippen LogP) is 3.48. The molecule has 1 rings (SSSR count). The SMILES string of the molecule is Cc1c(C(C)C(=O)O)cccc1C(C)(C)C. The lowest BCUT2D eigenvalue weighted by Crippen LogP contribution is -2.16. The molecule has 0 aliphatic heterocycles. The van der Waals surface area contributed by atoms with E-state index in [-0.39, 0.29) is 5.41 Å². The van der Waals surface area contributed by atoms with Gasteiger partial charge in [-0.2, -0.15) is 0 Å². The standard InChI is InChI=1S/C14H20O2/c1-9-11(10(2)13(15)16)7-6-8-12(9)14(3,4)5/h6-8,10H,1-5H3,(H,15,16). The molecule has 0 bridgehead atoms. The molecule has 1 aromatic carbocycles. The van der Waals surface area contributed by atoms with Crippen LogP contribution in [0.15, 0.2) is 18.2 Å². The van der Waals surface area contributed by atoms with Crippen molar-refractivity contribution in [2.75, 3.05) is 0 Å². The fraction of sp³-hybridized carbons (Fsp3) is 0.500. The molecule has 1 N–H and O–H groups in total. The third-order valence-corrected chi connectivity index (χ3v) is 3.02. The van der Waals surface area contributed by atoms with Crippen LogP contribution < -0.4 is 0 Å². The van der Waals surface area contributed by atoms with Crippen LogP contribution in [0.2, 0.25) is 0 Å². The van der Waals surface area contributed by atoms with Crippen molar-refractivity contribution in [1.29, 1.82) is 0 Å². The molecule has 88 valence electrons. The number of aliphatic carboxylic acids is 1. The number of carboxylic acid groups (broad SMARTS) is 1. The van der Waals surface area contributed by atoms with Gasteiger partial charge in [0.15, 0.2) is 0 Å². The summed E-state index contributed by atoms with van der Waals surface area (Å²) in [5, 5.41) is 9.05. The third kappa shape index (κ3) is 2.43. The van der Waals surface area contributed by atoms with Gasteiger partial charge in [-0.3, -0.25) is 4.79 Å². The number of benzene rings is 1. The average molecular weight is 220 g/mol. The van der Waals surface area contributed by atoms with Gasteiger partial charge in [0.2, 0.25) is 0 Å². The second kappa shape index (κ2) is 4.28. The minimum atomic E-state index is -0.769. The molecule has 0 aliphatic carbocycles. The van der Waals surface area contributed by atoms with Crippen LogP contribution in [-0.2, 0) is 10.2 Å². The monoisotopic (exact) mass is 220 g/mol. The quantitative estimate of drug-likeness (QED) is 0.828. The maximum atomic E-state index is 11.0. The molecular weight excluding hydrogens is 200 g/mol. The minimum absolute atomic E-state index is 0.0539. The van der Waals surface area contributed by atoms with Crippen molar-refractivity contribution in [3.8, 4) is 0 Å². The molecule has 0 aliphatic rings. The maximum Gasteiger partial charge on any atom is 0.310 e. The van der Waals surface area contributed by atoms with E-state index in [1.54, 1.807) is 6.92 Å². The van der Waals surface area contributed by atoms with E-state index in [1.807, 2.05) is 19.1 Å². The highest BCUT2D eigenvalue weighted by Gasteiger charge is 2.21. The van der Waals surface area contributed by atoms with E-state index >= 15 is 0 Å². The molecule has 0 saturated heterocycles. The Morgan fingerprint density at radius 2 is 1.88 bits per heavy atom. The molecular formula is C14H20O2.